The minimum absolute atomic E-state index is 0.107. The van der Waals surface area contributed by atoms with Crippen molar-refractivity contribution in [2.24, 2.45) is 0 Å². The largest absolute Gasteiger partial charge is 0.354 e. The Balaban J connectivity index is 1.80. The van der Waals surface area contributed by atoms with Crippen molar-refractivity contribution in [2.75, 3.05) is 6.54 Å². The van der Waals surface area contributed by atoms with Gasteiger partial charge < -0.3 is 5.32 Å². The molecule has 2 rings (SSSR count). The topological polar surface area (TPSA) is 64.7 Å². The Hall–Kier alpha value is -1.48. The Labute approximate surface area is 151 Å². The second-order valence-electron chi connectivity index (χ2n) is 5.27. The summed E-state index contributed by atoms with van der Waals surface area (Å²) in [5.41, 5.74) is 0.892. The second-order valence-corrected chi connectivity index (χ2v) is 6.47. The first-order valence-electron chi connectivity index (χ1n) is 7.26. The fraction of sp³-hybridized carbons (Fsp3) is 0.500. The molecule has 0 atom stereocenters. The highest BCUT2D eigenvalue weighted by Gasteiger charge is 2.21. The van der Waals surface area contributed by atoms with Crippen LogP contribution in [-0.2, 0) is 17.9 Å². The summed E-state index contributed by atoms with van der Waals surface area (Å²) in [6.45, 7) is 4.40. The predicted molar refractivity (Wildman–Crippen MR) is 89.2 cm³/mol. The highest BCUT2D eigenvalue weighted by Crippen LogP contribution is 2.28. The smallest absolute Gasteiger partial charge is 0.283 e. The molecule has 0 radical (unpaired) electrons. The van der Waals surface area contributed by atoms with Crippen LogP contribution in [0.25, 0.3) is 0 Å². The maximum Gasteiger partial charge on any atom is 0.283 e. The third-order valence-electron chi connectivity index (χ3n) is 3.43. The van der Waals surface area contributed by atoms with Gasteiger partial charge in [0.2, 0.25) is 5.91 Å². The van der Waals surface area contributed by atoms with Crippen molar-refractivity contribution >= 4 is 33.4 Å². The summed E-state index contributed by atoms with van der Waals surface area (Å²) in [4.78, 5) is 11.9. The van der Waals surface area contributed by atoms with Crippen molar-refractivity contribution < 1.29 is 13.6 Å². The third kappa shape index (κ3) is 4.54. The minimum atomic E-state index is -2.69. The van der Waals surface area contributed by atoms with Gasteiger partial charge in [-0.3, -0.25) is 14.2 Å². The number of carbonyl (C=O) groups excluding carboxylic acids is 1. The fourth-order valence-electron chi connectivity index (χ4n) is 2.11. The lowest BCUT2D eigenvalue weighted by Crippen LogP contribution is -2.29. The Kier molecular flexibility index (Phi) is 6.34. The third-order valence-corrected chi connectivity index (χ3v) is 4.78. The lowest BCUT2D eigenvalue weighted by atomic mass is 10.4. The molecule has 0 unspecified atom stereocenters. The van der Waals surface area contributed by atoms with Gasteiger partial charge in [0.15, 0.2) is 0 Å². The molecule has 2 aromatic heterocycles. The summed E-state index contributed by atoms with van der Waals surface area (Å²) in [6, 6.07) is 0. The fourth-order valence-corrected chi connectivity index (χ4v) is 2.72. The predicted octanol–water partition coefficient (Wildman–Crippen LogP) is 3.26. The quantitative estimate of drug-likeness (QED) is 0.694. The van der Waals surface area contributed by atoms with Crippen molar-refractivity contribution in [3.05, 3.63) is 32.8 Å². The summed E-state index contributed by atoms with van der Waals surface area (Å²) >= 11 is 8.99. The van der Waals surface area contributed by atoms with Crippen LogP contribution in [0.4, 0.5) is 8.78 Å². The summed E-state index contributed by atoms with van der Waals surface area (Å²) in [6.07, 6.45) is -0.283. The van der Waals surface area contributed by atoms with Crippen LogP contribution in [0, 0.1) is 13.8 Å². The van der Waals surface area contributed by atoms with E-state index >= 15 is 0 Å². The Morgan fingerprint density at radius 3 is 2.67 bits per heavy atom. The van der Waals surface area contributed by atoms with Crippen LogP contribution in [0.1, 0.15) is 29.9 Å². The van der Waals surface area contributed by atoms with Gasteiger partial charge in [-0.05, 0) is 36.2 Å². The summed E-state index contributed by atoms with van der Waals surface area (Å²) in [5, 5.41) is 11.3. The van der Waals surface area contributed by atoms with E-state index in [-0.39, 0.29) is 22.6 Å². The molecule has 2 heterocycles. The molecule has 0 spiro atoms. The Morgan fingerprint density at radius 2 is 2.12 bits per heavy atom. The zero-order valence-electron chi connectivity index (χ0n) is 13.2. The van der Waals surface area contributed by atoms with Crippen LogP contribution in [-0.4, -0.2) is 32.0 Å². The lowest BCUT2D eigenvalue weighted by molar-refractivity contribution is -0.121. The summed E-state index contributed by atoms with van der Waals surface area (Å²) < 4.78 is 28.8. The molecule has 1 amide bonds. The zero-order valence-corrected chi connectivity index (χ0v) is 15.5. The van der Waals surface area contributed by atoms with Crippen molar-refractivity contribution in [2.45, 2.75) is 39.8 Å². The van der Waals surface area contributed by atoms with Crippen molar-refractivity contribution in [1.29, 1.82) is 0 Å². The van der Waals surface area contributed by atoms with Gasteiger partial charge in [-0.2, -0.15) is 10.2 Å². The van der Waals surface area contributed by atoms with E-state index in [1.54, 1.807) is 17.8 Å². The number of nitrogens with zero attached hydrogens (tertiary/aromatic N) is 4. The average molecular weight is 425 g/mol. The molecule has 0 aliphatic rings. The molecule has 0 bridgehead atoms. The van der Waals surface area contributed by atoms with Crippen LogP contribution in [0.3, 0.4) is 0 Å². The first-order chi connectivity index (χ1) is 11.3. The Morgan fingerprint density at radius 1 is 1.42 bits per heavy atom. The zero-order chi connectivity index (χ0) is 17.9. The van der Waals surface area contributed by atoms with Gasteiger partial charge in [0, 0.05) is 19.3 Å². The molecule has 6 nitrogen and oxygen atoms in total. The van der Waals surface area contributed by atoms with Gasteiger partial charge in [0.05, 0.1) is 20.9 Å². The normalized spacial score (nSPS) is 11.3. The molecule has 1 N–H and O–H groups in total. The molecule has 0 fully saturated rings. The number of carbonyl (C=O) groups is 1. The monoisotopic (exact) mass is 423 g/mol. The van der Waals surface area contributed by atoms with Crippen LogP contribution < -0.4 is 5.32 Å². The van der Waals surface area contributed by atoms with Crippen molar-refractivity contribution in [1.82, 2.24) is 24.9 Å². The number of amides is 1. The minimum Gasteiger partial charge on any atom is -0.354 e. The van der Waals surface area contributed by atoms with E-state index in [2.05, 4.69) is 31.4 Å². The molecule has 0 aliphatic heterocycles. The number of aryl methyl sites for hydroxylation is 2. The van der Waals surface area contributed by atoms with E-state index in [0.717, 1.165) is 5.69 Å². The highest BCUT2D eigenvalue weighted by molar-refractivity contribution is 9.10. The van der Waals surface area contributed by atoms with Crippen molar-refractivity contribution in [3.63, 3.8) is 0 Å². The van der Waals surface area contributed by atoms with Crippen LogP contribution >= 0.6 is 27.5 Å². The van der Waals surface area contributed by atoms with Gasteiger partial charge in [-0.15, -0.1) is 0 Å². The van der Waals surface area contributed by atoms with Crippen LogP contribution in [0.5, 0.6) is 0 Å². The van der Waals surface area contributed by atoms with Gasteiger partial charge >= 0.3 is 0 Å². The first-order valence-corrected chi connectivity index (χ1v) is 8.44. The van der Waals surface area contributed by atoms with E-state index in [4.69, 9.17) is 11.6 Å². The molecular weight excluding hydrogens is 408 g/mol. The van der Waals surface area contributed by atoms with Crippen LogP contribution in [0.2, 0.25) is 5.02 Å². The molecule has 0 saturated heterocycles. The molecule has 132 valence electrons. The standard InChI is InChI=1S/C14H17BrClF2N5O/c1-8-10(16)6-22(20-8)5-3-4-19-11(24)7-23-9(2)12(15)13(21-23)14(17)18/h6,14H,3-5,7H2,1-2H3,(H,19,24). The van der Waals surface area contributed by atoms with E-state index in [9.17, 15) is 13.6 Å². The number of aromatic nitrogens is 4. The van der Waals surface area contributed by atoms with Gasteiger partial charge in [-0.25, -0.2) is 8.78 Å². The highest BCUT2D eigenvalue weighted by atomic mass is 79.9. The number of rotatable bonds is 7. The molecule has 2 aromatic rings. The van der Waals surface area contributed by atoms with E-state index < -0.39 is 6.43 Å². The van der Waals surface area contributed by atoms with Gasteiger partial charge in [0.1, 0.15) is 12.2 Å². The second kappa shape index (κ2) is 8.06. The molecule has 10 heteroatoms. The van der Waals surface area contributed by atoms with Crippen LogP contribution in [0.15, 0.2) is 10.7 Å². The van der Waals surface area contributed by atoms with Gasteiger partial charge in [-0.1, -0.05) is 11.6 Å². The molecule has 24 heavy (non-hydrogen) atoms. The maximum absolute atomic E-state index is 12.8. The van der Waals surface area contributed by atoms with E-state index in [1.165, 1.54) is 4.68 Å². The number of hydrogen-bond donors (Lipinski definition) is 1. The SMILES string of the molecule is Cc1nn(CCCNC(=O)Cn2nc(C(F)F)c(Br)c2C)cc1Cl. The summed E-state index contributed by atoms with van der Waals surface area (Å²) in [7, 11) is 0. The first kappa shape index (κ1) is 18.9. The van der Waals surface area contributed by atoms with E-state index in [1.807, 2.05) is 6.92 Å². The number of alkyl halides is 2. The lowest BCUT2D eigenvalue weighted by Gasteiger charge is -2.07. The van der Waals surface area contributed by atoms with Crippen molar-refractivity contribution in [3.8, 4) is 0 Å². The number of hydrogen-bond acceptors (Lipinski definition) is 3. The van der Waals surface area contributed by atoms with Gasteiger partial charge in [0.25, 0.3) is 6.43 Å². The summed E-state index contributed by atoms with van der Waals surface area (Å²) in [5.74, 6) is -0.288. The Bertz CT molecular complexity index is 712. The molecule has 0 aliphatic carbocycles. The van der Waals surface area contributed by atoms with E-state index in [0.29, 0.717) is 30.2 Å². The molecule has 0 saturated carbocycles. The maximum atomic E-state index is 12.8. The number of halogens is 4. The average Bonchev–Trinajstić information content (AvgIpc) is 2.98. The number of nitrogens with one attached hydrogen (secondary N) is 1. The molecular formula is C14H17BrClF2N5O. The molecule has 0 aromatic carbocycles.